The van der Waals surface area contributed by atoms with Crippen LogP contribution in [0.15, 0.2) is 41.3 Å². The Labute approximate surface area is 171 Å². The lowest BCUT2D eigenvalue weighted by Gasteiger charge is -2.36. The fourth-order valence-corrected chi connectivity index (χ4v) is 6.79. The highest BCUT2D eigenvalue weighted by Crippen LogP contribution is 2.48. The van der Waals surface area contributed by atoms with E-state index in [4.69, 9.17) is 0 Å². The topological polar surface area (TPSA) is 69.7 Å². The van der Waals surface area contributed by atoms with Gasteiger partial charge in [0, 0.05) is 18.2 Å². The Hall–Kier alpha value is -2.38. The number of rotatable bonds is 2. The van der Waals surface area contributed by atoms with E-state index in [0.717, 1.165) is 41.9 Å². The van der Waals surface area contributed by atoms with E-state index >= 15 is 0 Å². The first-order valence-corrected chi connectivity index (χ1v) is 11.5. The van der Waals surface area contributed by atoms with Gasteiger partial charge in [-0.05, 0) is 69.3 Å². The largest absolute Gasteiger partial charge is 0.325 e. The lowest BCUT2D eigenvalue weighted by atomic mass is 9.89. The number of fused-ring (bicyclic) bond motifs is 4. The maximum atomic E-state index is 13.8. The summed E-state index contributed by atoms with van der Waals surface area (Å²) in [5.74, 6) is -0.258. The Bertz CT molecular complexity index is 1130. The van der Waals surface area contributed by atoms with Gasteiger partial charge in [0.25, 0.3) is 10.0 Å². The first kappa shape index (κ1) is 18.6. The average Bonchev–Trinajstić information content (AvgIpc) is 3.15. The zero-order valence-electron chi connectivity index (χ0n) is 16.8. The lowest BCUT2D eigenvalue weighted by Crippen LogP contribution is -2.47. The van der Waals surface area contributed by atoms with Gasteiger partial charge in [-0.2, -0.15) is 0 Å². The summed E-state index contributed by atoms with van der Waals surface area (Å²) >= 11 is 0. The van der Waals surface area contributed by atoms with Crippen molar-refractivity contribution in [1.29, 1.82) is 0 Å². The van der Waals surface area contributed by atoms with Gasteiger partial charge < -0.3 is 10.2 Å². The number of anilines is 2. The highest BCUT2D eigenvalue weighted by atomic mass is 32.2. The van der Waals surface area contributed by atoms with Crippen molar-refractivity contribution in [2.24, 2.45) is 0 Å². The molecule has 0 aromatic heterocycles. The third-order valence-electron chi connectivity index (χ3n) is 6.60. The van der Waals surface area contributed by atoms with Crippen LogP contribution < -0.4 is 9.62 Å². The highest BCUT2D eigenvalue weighted by molar-refractivity contribution is 7.92. The monoisotopic (exact) mass is 411 g/mol. The van der Waals surface area contributed by atoms with Crippen LogP contribution in [0.2, 0.25) is 0 Å². The summed E-state index contributed by atoms with van der Waals surface area (Å²) in [5.41, 5.74) is 4.52. The van der Waals surface area contributed by atoms with Crippen LogP contribution in [0.1, 0.15) is 41.9 Å². The molecular formula is C22H25N3O3S. The standard InChI is InChI=1S/C22H25N3O3S/c1-13-4-7-20-17(10-13)18-12-24(3)9-8-21(18)25(20)29(27,28)15-5-6-19-16(11-15)14(2)22(26)23-19/h4-7,10-11,14,18,21H,8-9,12H2,1-3H3,(H,23,26)/t14-,18+,21-/m0/s1. The second-order valence-corrected chi connectivity index (χ2v) is 10.4. The molecule has 3 heterocycles. The van der Waals surface area contributed by atoms with Crippen molar-refractivity contribution in [1.82, 2.24) is 4.90 Å². The molecule has 0 saturated carbocycles. The maximum Gasteiger partial charge on any atom is 0.264 e. The van der Waals surface area contributed by atoms with Crippen LogP contribution in [0.5, 0.6) is 0 Å². The lowest BCUT2D eigenvalue weighted by molar-refractivity contribution is -0.116. The van der Waals surface area contributed by atoms with Crippen LogP contribution >= 0.6 is 0 Å². The third-order valence-corrected chi connectivity index (χ3v) is 8.43. The molecule has 5 rings (SSSR count). The van der Waals surface area contributed by atoms with Crippen LogP contribution in [0.4, 0.5) is 11.4 Å². The molecule has 0 unspecified atom stereocenters. The Morgan fingerprint density at radius 3 is 2.69 bits per heavy atom. The average molecular weight is 412 g/mol. The number of likely N-dealkylation sites (tertiary alicyclic amines) is 1. The Balaban J connectivity index is 1.62. The molecule has 3 aliphatic heterocycles. The molecule has 1 saturated heterocycles. The molecule has 0 spiro atoms. The zero-order chi connectivity index (χ0) is 20.5. The number of aryl methyl sites for hydroxylation is 1. The smallest absolute Gasteiger partial charge is 0.264 e. The SMILES string of the molecule is Cc1ccc2c(c1)[C@H]1CN(C)CC[C@@H]1N2S(=O)(=O)c1ccc2c(c1)[C@H](C)C(=O)N2. The second-order valence-electron chi connectivity index (χ2n) is 8.55. The minimum atomic E-state index is -3.74. The van der Waals surface area contributed by atoms with E-state index in [9.17, 15) is 13.2 Å². The quantitative estimate of drug-likeness (QED) is 0.825. The van der Waals surface area contributed by atoms with Gasteiger partial charge in [0.15, 0.2) is 0 Å². The number of carbonyl (C=O) groups is 1. The number of nitrogens with one attached hydrogen (secondary N) is 1. The van der Waals surface area contributed by atoms with Crippen molar-refractivity contribution < 1.29 is 13.2 Å². The summed E-state index contributed by atoms with van der Waals surface area (Å²) in [7, 11) is -1.65. The minimum absolute atomic E-state index is 0.0709. The number of amides is 1. The van der Waals surface area contributed by atoms with Crippen LogP contribution in [-0.4, -0.2) is 45.4 Å². The predicted octanol–water partition coefficient (Wildman–Crippen LogP) is 3.05. The first-order chi connectivity index (χ1) is 13.8. The molecule has 29 heavy (non-hydrogen) atoms. The van der Waals surface area contributed by atoms with Crippen LogP contribution in [0.3, 0.4) is 0 Å². The van der Waals surface area contributed by atoms with E-state index in [2.05, 4.69) is 23.3 Å². The summed E-state index contributed by atoms with van der Waals surface area (Å²) in [4.78, 5) is 14.5. The van der Waals surface area contributed by atoms with Crippen molar-refractivity contribution in [3.8, 4) is 0 Å². The Kier molecular flexibility index (Phi) is 4.05. The Morgan fingerprint density at radius 1 is 1.10 bits per heavy atom. The molecule has 1 amide bonds. The number of sulfonamides is 1. The molecule has 7 heteroatoms. The van der Waals surface area contributed by atoms with Crippen LogP contribution in [0.25, 0.3) is 0 Å². The molecule has 152 valence electrons. The van der Waals surface area contributed by atoms with Gasteiger partial charge in [-0.3, -0.25) is 9.10 Å². The van der Waals surface area contributed by atoms with E-state index < -0.39 is 10.0 Å². The zero-order valence-corrected chi connectivity index (χ0v) is 17.7. The molecule has 3 atom stereocenters. The maximum absolute atomic E-state index is 13.8. The fourth-order valence-electron chi connectivity index (χ4n) is 5.02. The van der Waals surface area contributed by atoms with Crippen LogP contribution in [-0.2, 0) is 14.8 Å². The summed E-state index contributed by atoms with van der Waals surface area (Å²) in [6.45, 7) is 5.58. The summed E-state index contributed by atoms with van der Waals surface area (Å²) < 4.78 is 29.3. The second kappa shape index (κ2) is 6.31. The Morgan fingerprint density at radius 2 is 1.90 bits per heavy atom. The molecular weight excluding hydrogens is 386 g/mol. The number of hydrogen-bond acceptors (Lipinski definition) is 4. The molecule has 1 fully saturated rings. The molecule has 1 N–H and O–H groups in total. The van der Waals surface area contributed by atoms with E-state index in [-0.39, 0.29) is 28.7 Å². The van der Waals surface area contributed by atoms with Crippen molar-refractivity contribution in [3.63, 3.8) is 0 Å². The van der Waals surface area contributed by atoms with Crippen LogP contribution in [0, 0.1) is 6.92 Å². The van der Waals surface area contributed by atoms with Gasteiger partial charge >= 0.3 is 0 Å². The van der Waals surface area contributed by atoms with E-state index in [1.807, 2.05) is 19.1 Å². The number of carbonyl (C=O) groups excluding carboxylic acids is 1. The molecule has 0 bridgehead atoms. The van der Waals surface area contributed by atoms with Gasteiger partial charge in [-0.15, -0.1) is 0 Å². The number of piperidine rings is 1. The number of benzene rings is 2. The summed E-state index contributed by atoms with van der Waals surface area (Å²) in [5, 5.41) is 2.81. The first-order valence-electron chi connectivity index (χ1n) is 10.1. The molecule has 2 aromatic rings. The third kappa shape index (κ3) is 2.71. The summed E-state index contributed by atoms with van der Waals surface area (Å²) in [6, 6.07) is 11.0. The fraction of sp³-hybridized carbons (Fsp3) is 0.409. The van der Waals surface area contributed by atoms with Gasteiger partial charge in [0.1, 0.15) is 0 Å². The van der Waals surface area contributed by atoms with Gasteiger partial charge in [0.05, 0.1) is 22.5 Å². The molecule has 3 aliphatic rings. The number of hydrogen-bond donors (Lipinski definition) is 1. The predicted molar refractivity (Wildman–Crippen MR) is 113 cm³/mol. The van der Waals surface area contributed by atoms with Crippen molar-refractivity contribution in [3.05, 3.63) is 53.1 Å². The summed E-state index contributed by atoms with van der Waals surface area (Å²) in [6.07, 6.45) is 0.801. The van der Waals surface area contributed by atoms with Crippen molar-refractivity contribution in [2.45, 2.75) is 43.0 Å². The number of nitrogens with zero attached hydrogens (tertiary/aromatic N) is 2. The van der Waals surface area contributed by atoms with Crippen molar-refractivity contribution >= 4 is 27.3 Å². The van der Waals surface area contributed by atoms with E-state index in [0.29, 0.717) is 5.69 Å². The molecule has 6 nitrogen and oxygen atoms in total. The minimum Gasteiger partial charge on any atom is -0.325 e. The van der Waals surface area contributed by atoms with Gasteiger partial charge in [0.2, 0.25) is 5.91 Å². The van der Waals surface area contributed by atoms with Gasteiger partial charge in [-0.1, -0.05) is 17.7 Å². The number of likely N-dealkylation sites (N-methyl/N-ethyl adjacent to an activating group) is 1. The highest BCUT2D eigenvalue weighted by Gasteiger charge is 2.47. The molecule has 0 aliphatic carbocycles. The molecule has 2 aromatic carbocycles. The normalized spacial score (nSPS) is 26.1. The van der Waals surface area contributed by atoms with Crippen molar-refractivity contribution in [2.75, 3.05) is 29.8 Å². The van der Waals surface area contributed by atoms with Gasteiger partial charge in [-0.25, -0.2) is 8.42 Å². The van der Waals surface area contributed by atoms with E-state index in [1.165, 1.54) is 0 Å². The van der Waals surface area contributed by atoms with E-state index in [1.54, 1.807) is 29.4 Å². The molecule has 0 radical (unpaired) electrons.